The second-order valence-electron chi connectivity index (χ2n) is 4.42. The Kier molecular flexibility index (Phi) is 4.36. The van der Waals surface area contributed by atoms with E-state index in [0.717, 1.165) is 13.0 Å². The van der Waals surface area contributed by atoms with Crippen LogP contribution in [0, 0.1) is 5.95 Å². The van der Waals surface area contributed by atoms with Crippen molar-refractivity contribution < 1.29 is 13.9 Å². The molecule has 2 atom stereocenters. The van der Waals surface area contributed by atoms with E-state index in [1.54, 1.807) is 13.0 Å². The van der Waals surface area contributed by atoms with Crippen molar-refractivity contribution >= 4 is 0 Å². The van der Waals surface area contributed by atoms with Crippen LogP contribution in [0.25, 0.3) is 0 Å². The summed E-state index contributed by atoms with van der Waals surface area (Å²) in [5.41, 5.74) is 0. The number of nitrogens with one attached hydrogen (secondary N) is 1. The number of halogens is 1. The highest BCUT2D eigenvalue weighted by Gasteiger charge is 2.22. The molecular weight excluding hydrogens is 235 g/mol. The molecule has 1 saturated heterocycles. The van der Waals surface area contributed by atoms with Crippen molar-refractivity contribution in [3.05, 3.63) is 18.2 Å². The van der Waals surface area contributed by atoms with Crippen LogP contribution in [0.15, 0.2) is 12.3 Å². The number of rotatable bonds is 5. The van der Waals surface area contributed by atoms with Crippen molar-refractivity contribution in [2.45, 2.75) is 38.8 Å². The van der Waals surface area contributed by atoms with E-state index in [-0.39, 0.29) is 11.9 Å². The standard InChI is InChI=1S/C13H19FN2O2/c1-3-17-12-7-10(8-16-13(12)14)18-9(2)11-5-4-6-15-11/h7-9,11,15H,3-6H2,1-2H3/t9?,11-/m1/s1. The smallest absolute Gasteiger partial charge is 0.255 e. The van der Waals surface area contributed by atoms with Gasteiger partial charge in [-0.05, 0) is 33.2 Å². The fourth-order valence-corrected chi connectivity index (χ4v) is 2.14. The number of hydrogen-bond donors (Lipinski definition) is 1. The average Bonchev–Trinajstić information content (AvgIpc) is 2.87. The van der Waals surface area contributed by atoms with Gasteiger partial charge in [-0.15, -0.1) is 0 Å². The first kappa shape index (κ1) is 13.1. The average molecular weight is 254 g/mol. The van der Waals surface area contributed by atoms with Crippen LogP contribution in [0.5, 0.6) is 11.5 Å². The maximum absolute atomic E-state index is 13.3. The summed E-state index contributed by atoms with van der Waals surface area (Å²) in [6, 6.07) is 1.91. The Hall–Kier alpha value is -1.36. The lowest BCUT2D eigenvalue weighted by molar-refractivity contribution is 0.177. The van der Waals surface area contributed by atoms with Crippen LogP contribution in [0.4, 0.5) is 4.39 Å². The normalized spacial score (nSPS) is 20.7. The van der Waals surface area contributed by atoms with Crippen LogP contribution in [0.1, 0.15) is 26.7 Å². The summed E-state index contributed by atoms with van der Waals surface area (Å²) in [6.07, 6.45) is 3.70. The van der Waals surface area contributed by atoms with Crippen molar-refractivity contribution in [1.29, 1.82) is 0 Å². The van der Waals surface area contributed by atoms with Gasteiger partial charge >= 0.3 is 0 Å². The first-order chi connectivity index (χ1) is 8.70. The van der Waals surface area contributed by atoms with Gasteiger partial charge in [-0.1, -0.05) is 0 Å². The molecule has 1 aliphatic heterocycles. The van der Waals surface area contributed by atoms with Gasteiger partial charge < -0.3 is 14.8 Å². The highest BCUT2D eigenvalue weighted by Crippen LogP contribution is 2.23. The molecule has 0 radical (unpaired) electrons. The van der Waals surface area contributed by atoms with E-state index in [4.69, 9.17) is 9.47 Å². The van der Waals surface area contributed by atoms with Gasteiger partial charge in [0.2, 0.25) is 0 Å². The van der Waals surface area contributed by atoms with Crippen molar-refractivity contribution in [2.24, 2.45) is 0 Å². The van der Waals surface area contributed by atoms with Crippen molar-refractivity contribution in [2.75, 3.05) is 13.2 Å². The van der Waals surface area contributed by atoms with Crippen LogP contribution < -0.4 is 14.8 Å². The second kappa shape index (κ2) is 6.00. The Morgan fingerprint density at radius 3 is 3.11 bits per heavy atom. The van der Waals surface area contributed by atoms with Gasteiger partial charge in [0, 0.05) is 12.1 Å². The Bertz CT molecular complexity index is 395. The molecule has 0 aliphatic carbocycles. The van der Waals surface area contributed by atoms with Crippen LogP contribution in [0.2, 0.25) is 0 Å². The maximum atomic E-state index is 13.3. The third kappa shape index (κ3) is 3.10. The van der Waals surface area contributed by atoms with E-state index in [1.165, 1.54) is 12.6 Å². The maximum Gasteiger partial charge on any atom is 0.255 e. The van der Waals surface area contributed by atoms with Gasteiger partial charge in [-0.2, -0.15) is 4.39 Å². The predicted octanol–water partition coefficient (Wildman–Crippen LogP) is 2.14. The minimum atomic E-state index is -0.601. The molecule has 0 amide bonds. The molecule has 0 spiro atoms. The number of hydrogen-bond acceptors (Lipinski definition) is 4. The van der Waals surface area contributed by atoms with Crippen molar-refractivity contribution in [3.63, 3.8) is 0 Å². The number of aromatic nitrogens is 1. The van der Waals surface area contributed by atoms with Crippen LogP contribution in [-0.4, -0.2) is 30.3 Å². The van der Waals surface area contributed by atoms with Gasteiger partial charge in [0.05, 0.1) is 12.8 Å². The molecule has 1 aliphatic rings. The summed E-state index contributed by atoms with van der Waals surface area (Å²) in [4.78, 5) is 3.64. The van der Waals surface area contributed by atoms with E-state index in [1.807, 2.05) is 6.92 Å². The Morgan fingerprint density at radius 2 is 2.44 bits per heavy atom. The predicted molar refractivity (Wildman–Crippen MR) is 66.5 cm³/mol. The monoisotopic (exact) mass is 254 g/mol. The summed E-state index contributed by atoms with van der Waals surface area (Å²) in [5, 5.41) is 3.38. The largest absolute Gasteiger partial charge is 0.489 e. The first-order valence-corrected chi connectivity index (χ1v) is 6.39. The van der Waals surface area contributed by atoms with Crippen LogP contribution in [-0.2, 0) is 0 Å². The van der Waals surface area contributed by atoms with E-state index >= 15 is 0 Å². The molecule has 0 aromatic carbocycles. The molecule has 4 nitrogen and oxygen atoms in total. The number of pyridine rings is 1. The molecule has 18 heavy (non-hydrogen) atoms. The second-order valence-corrected chi connectivity index (χ2v) is 4.42. The van der Waals surface area contributed by atoms with Crippen LogP contribution in [0.3, 0.4) is 0 Å². The van der Waals surface area contributed by atoms with Gasteiger partial charge in [0.25, 0.3) is 5.95 Å². The lowest BCUT2D eigenvalue weighted by Gasteiger charge is -2.21. The minimum absolute atomic E-state index is 0.0363. The summed E-state index contributed by atoms with van der Waals surface area (Å²) < 4.78 is 24.2. The molecule has 5 heteroatoms. The van der Waals surface area contributed by atoms with Gasteiger partial charge in [-0.3, -0.25) is 0 Å². The van der Waals surface area contributed by atoms with E-state index in [0.29, 0.717) is 18.4 Å². The summed E-state index contributed by atoms with van der Waals surface area (Å²) in [6.45, 7) is 5.25. The van der Waals surface area contributed by atoms with Crippen molar-refractivity contribution in [1.82, 2.24) is 10.3 Å². The number of ether oxygens (including phenoxy) is 2. The highest BCUT2D eigenvalue weighted by molar-refractivity contribution is 5.29. The molecule has 100 valence electrons. The Morgan fingerprint density at radius 1 is 1.61 bits per heavy atom. The lowest BCUT2D eigenvalue weighted by Crippen LogP contribution is -2.36. The first-order valence-electron chi connectivity index (χ1n) is 6.39. The molecule has 1 aromatic rings. The minimum Gasteiger partial charge on any atom is -0.489 e. The third-order valence-electron chi connectivity index (χ3n) is 3.07. The topological polar surface area (TPSA) is 43.4 Å². The van der Waals surface area contributed by atoms with E-state index < -0.39 is 5.95 Å². The van der Waals surface area contributed by atoms with E-state index in [2.05, 4.69) is 10.3 Å². The van der Waals surface area contributed by atoms with Crippen molar-refractivity contribution in [3.8, 4) is 11.5 Å². The fourth-order valence-electron chi connectivity index (χ4n) is 2.14. The summed E-state index contributed by atoms with van der Waals surface area (Å²) in [7, 11) is 0. The SMILES string of the molecule is CCOc1cc(OC(C)[C@H]2CCCN2)cnc1F. The Labute approximate surface area is 107 Å². The Balaban J connectivity index is 2.01. The van der Waals surface area contributed by atoms with Crippen LogP contribution >= 0.6 is 0 Å². The van der Waals surface area contributed by atoms with Gasteiger partial charge in [0.1, 0.15) is 11.9 Å². The quantitative estimate of drug-likeness (QED) is 0.818. The molecule has 1 fully saturated rings. The number of nitrogens with zero attached hydrogens (tertiary/aromatic N) is 1. The lowest BCUT2D eigenvalue weighted by atomic mass is 10.1. The van der Waals surface area contributed by atoms with E-state index in [9.17, 15) is 4.39 Å². The zero-order valence-corrected chi connectivity index (χ0v) is 10.8. The molecule has 1 aromatic heterocycles. The molecular formula is C13H19FN2O2. The molecule has 2 heterocycles. The molecule has 1 unspecified atom stereocenters. The molecule has 1 N–H and O–H groups in total. The summed E-state index contributed by atoms with van der Waals surface area (Å²) >= 11 is 0. The highest BCUT2D eigenvalue weighted by atomic mass is 19.1. The molecule has 0 bridgehead atoms. The zero-order valence-electron chi connectivity index (χ0n) is 10.8. The summed E-state index contributed by atoms with van der Waals surface area (Å²) in [5.74, 6) is 0.0819. The third-order valence-corrected chi connectivity index (χ3v) is 3.07. The zero-order chi connectivity index (χ0) is 13.0. The van der Waals surface area contributed by atoms with Gasteiger partial charge in [0.15, 0.2) is 5.75 Å². The van der Waals surface area contributed by atoms with Gasteiger partial charge in [-0.25, -0.2) is 4.98 Å². The molecule has 2 rings (SSSR count). The molecule has 0 saturated carbocycles. The fraction of sp³-hybridized carbons (Fsp3) is 0.615.